The molecule has 0 spiro atoms. The quantitative estimate of drug-likeness (QED) is 0.593. The highest BCUT2D eigenvalue weighted by molar-refractivity contribution is 7.99. The Hall–Kier alpha value is -1.41. The lowest BCUT2D eigenvalue weighted by molar-refractivity contribution is 0.578. The molecule has 0 aromatic heterocycles. The Labute approximate surface area is 113 Å². The number of hydrogen-bond donors (Lipinski definition) is 1. The molecule has 0 saturated carbocycles. The predicted molar refractivity (Wildman–Crippen MR) is 79.0 cm³/mol. The van der Waals surface area contributed by atoms with E-state index in [1.165, 1.54) is 26.7 Å². The highest BCUT2D eigenvalue weighted by atomic mass is 32.2. The summed E-state index contributed by atoms with van der Waals surface area (Å²) < 4.78 is 0. The van der Waals surface area contributed by atoms with Gasteiger partial charge in [0.25, 0.3) is 0 Å². The highest BCUT2D eigenvalue weighted by Gasteiger charge is 2.24. The molecule has 1 aliphatic rings. The third-order valence-electron chi connectivity index (χ3n) is 3.19. The number of fused-ring (bicyclic) bond motifs is 2. The molecule has 1 N–H and O–H groups in total. The molecular formula is C16H17NS. The first-order valence-electron chi connectivity index (χ1n) is 6.23. The van der Waals surface area contributed by atoms with Gasteiger partial charge in [-0.2, -0.15) is 0 Å². The molecule has 2 heteroatoms. The van der Waals surface area contributed by atoms with Crippen LogP contribution in [0.15, 0.2) is 52.3 Å². The van der Waals surface area contributed by atoms with Gasteiger partial charge in [0, 0.05) is 9.79 Å². The van der Waals surface area contributed by atoms with Crippen molar-refractivity contribution in [3.8, 4) is 0 Å². The van der Waals surface area contributed by atoms with E-state index in [0.29, 0.717) is 0 Å². The van der Waals surface area contributed by atoms with Crippen LogP contribution in [-0.4, -0.2) is 0 Å². The van der Waals surface area contributed by atoms with Crippen molar-refractivity contribution in [2.24, 2.45) is 0 Å². The van der Waals surface area contributed by atoms with Crippen molar-refractivity contribution < 1.29 is 0 Å². The van der Waals surface area contributed by atoms with Crippen molar-refractivity contribution in [1.82, 2.24) is 0 Å². The summed E-state index contributed by atoms with van der Waals surface area (Å²) in [5, 5.41) is 3.53. The molecule has 3 rings (SSSR count). The lowest BCUT2D eigenvalue weighted by Crippen LogP contribution is -2.14. The van der Waals surface area contributed by atoms with Crippen molar-refractivity contribution in [1.29, 1.82) is 0 Å². The van der Waals surface area contributed by atoms with E-state index in [2.05, 4.69) is 68.6 Å². The fourth-order valence-electron chi connectivity index (χ4n) is 2.25. The second kappa shape index (κ2) is 4.06. The van der Waals surface area contributed by atoms with Crippen molar-refractivity contribution in [3.63, 3.8) is 0 Å². The first-order valence-corrected chi connectivity index (χ1v) is 7.05. The first-order chi connectivity index (χ1) is 8.55. The maximum atomic E-state index is 3.53. The number of para-hydroxylation sites is 1. The molecule has 1 heterocycles. The third kappa shape index (κ3) is 1.91. The van der Waals surface area contributed by atoms with E-state index in [1.54, 1.807) is 0 Å². The van der Waals surface area contributed by atoms with E-state index in [0.717, 1.165) is 0 Å². The maximum Gasteiger partial charge on any atom is 0.0529 e. The summed E-state index contributed by atoms with van der Waals surface area (Å²) >= 11 is 1.87. The lowest BCUT2D eigenvalue weighted by Gasteiger charge is -2.28. The fraction of sp³-hybridized carbons (Fsp3) is 0.250. The van der Waals surface area contributed by atoms with Crippen LogP contribution in [0.3, 0.4) is 0 Å². The average molecular weight is 255 g/mol. The molecule has 0 amide bonds. The second-order valence-electron chi connectivity index (χ2n) is 5.66. The third-order valence-corrected chi connectivity index (χ3v) is 4.41. The summed E-state index contributed by atoms with van der Waals surface area (Å²) in [6.07, 6.45) is 0. The maximum absolute atomic E-state index is 3.53. The van der Waals surface area contributed by atoms with E-state index in [4.69, 9.17) is 0 Å². The Bertz CT molecular complexity index is 596. The lowest BCUT2D eigenvalue weighted by atomic mass is 9.86. The van der Waals surface area contributed by atoms with Gasteiger partial charge in [0.05, 0.1) is 11.4 Å². The normalized spacial score (nSPS) is 13.5. The molecule has 1 aliphatic heterocycles. The number of benzene rings is 2. The van der Waals surface area contributed by atoms with Crippen LogP contribution in [0.5, 0.6) is 0 Å². The van der Waals surface area contributed by atoms with Crippen molar-refractivity contribution in [2.75, 3.05) is 5.32 Å². The Morgan fingerprint density at radius 1 is 0.889 bits per heavy atom. The van der Waals surface area contributed by atoms with Gasteiger partial charge in [-0.05, 0) is 29.2 Å². The van der Waals surface area contributed by atoms with Gasteiger partial charge in [0.2, 0.25) is 0 Å². The Morgan fingerprint density at radius 2 is 1.61 bits per heavy atom. The molecule has 0 radical (unpaired) electrons. The minimum Gasteiger partial charge on any atom is -0.354 e. The zero-order valence-electron chi connectivity index (χ0n) is 10.9. The number of hydrogen-bond acceptors (Lipinski definition) is 2. The Morgan fingerprint density at radius 3 is 2.39 bits per heavy atom. The Balaban J connectivity index is 2.14. The SMILES string of the molecule is CC(C)(C)c1cccc2c1Sc1ccccc1N2. The van der Waals surface area contributed by atoms with Crippen LogP contribution in [0, 0.1) is 0 Å². The topological polar surface area (TPSA) is 12.0 Å². The van der Waals surface area contributed by atoms with Crippen molar-refractivity contribution in [2.45, 2.75) is 36.0 Å². The van der Waals surface area contributed by atoms with Gasteiger partial charge < -0.3 is 5.32 Å². The second-order valence-corrected chi connectivity index (χ2v) is 6.71. The van der Waals surface area contributed by atoms with E-state index in [-0.39, 0.29) is 5.41 Å². The Kier molecular flexibility index (Phi) is 2.63. The highest BCUT2D eigenvalue weighted by Crippen LogP contribution is 2.47. The minimum atomic E-state index is 0.173. The van der Waals surface area contributed by atoms with Crippen LogP contribution in [0.4, 0.5) is 11.4 Å². The number of rotatable bonds is 0. The molecule has 0 atom stereocenters. The van der Waals surface area contributed by atoms with E-state index in [1.807, 2.05) is 11.8 Å². The molecule has 2 aromatic carbocycles. The number of nitrogens with one attached hydrogen (secondary N) is 1. The van der Waals surface area contributed by atoms with Gasteiger partial charge in [-0.1, -0.05) is 56.8 Å². The van der Waals surface area contributed by atoms with Crippen molar-refractivity contribution in [3.05, 3.63) is 48.0 Å². The van der Waals surface area contributed by atoms with Gasteiger partial charge >= 0.3 is 0 Å². The van der Waals surface area contributed by atoms with Crippen LogP contribution in [-0.2, 0) is 5.41 Å². The molecule has 0 aliphatic carbocycles. The largest absolute Gasteiger partial charge is 0.354 e. The predicted octanol–water partition coefficient (Wildman–Crippen LogP) is 5.19. The van der Waals surface area contributed by atoms with Crippen LogP contribution < -0.4 is 5.32 Å². The van der Waals surface area contributed by atoms with E-state index < -0.39 is 0 Å². The van der Waals surface area contributed by atoms with Gasteiger partial charge in [-0.25, -0.2) is 0 Å². The monoisotopic (exact) mass is 255 g/mol. The first kappa shape index (κ1) is 11.7. The summed E-state index contributed by atoms with van der Waals surface area (Å²) in [4.78, 5) is 2.67. The van der Waals surface area contributed by atoms with Gasteiger partial charge in [-0.15, -0.1) is 0 Å². The standard InChI is InChI=1S/C16H17NS/c1-16(2,3)11-7-6-9-13-15(11)18-14-10-5-4-8-12(14)17-13/h4-10,17H,1-3H3. The van der Waals surface area contributed by atoms with Gasteiger partial charge in [-0.3, -0.25) is 0 Å². The van der Waals surface area contributed by atoms with E-state index in [9.17, 15) is 0 Å². The zero-order valence-corrected chi connectivity index (χ0v) is 11.8. The molecule has 1 nitrogen and oxygen atoms in total. The fourth-order valence-corrected chi connectivity index (χ4v) is 3.56. The summed E-state index contributed by atoms with van der Waals surface area (Å²) in [5.74, 6) is 0. The van der Waals surface area contributed by atoms with Crippen LogP contribution in [0.1, 0.15) is 26.3 Å². The molecule has 92 valence electrons. The molecule has 0 fully saturated rings. The molecule has 0 bridgehead atoms. The average Bonchev–Trinajstić information content (AvgIpc) is 2.34. The van der Waals surface area contributed by atoms with Gasteiger partial charge in [0.1, 0.15) is 0 Å². The summed E-state index contributed by atoms with van der Waals surface area (Å²) in [6.45, 7) is 6.80. The summed E-state index contributed by atoms with van der Waals surface area (Å²) in [6, 6.07) is 15.0. The van der Waals surface area contributed by atoms with Gasteiger partial charge in [0.15, 0.2) is 0 Å². The summed E-state index contributed by atoms with van der Waals surface area (Å²) in [5.41, 5.74) is 4.02. The van der Waals surface area contributed by atoms with E-state index >= 15 is 0 Å². The summed E-state index contributed by atoms with van der Waals surface area (Å²) in [7, 11) is 0. The number of anilines is 2. The zero-order chi connectivity index (χ0) is 12.8. The van der Waals surface area contributed by atoms with Crippen LogP contribution in [0.25, 0.3) is 0 Å². The molecule has 0 unspecified atom stereocenters. The van der Waals surface area contributed by atoms with Crippen molar-refractivity contribution >= 4 is 23.1 Å². The van der Waals surface area contributed by atoms with Crippen LogP contribution >= 0.6 is 11.8 Å². The molecule has 18 heavy (non-hydrogen) atoms. The molecule has 0 saturated heterocycles. The molecular weight excluding hydrogens is 238 g/mol. The minimum absolute atomic E-state index is 0.173. The smallest absolute Gasteiger partial charge is 0.0529 e. The molecule has 2 aromatic rings. The van der Waals surface area contributed by atoms with Crippen LogP contribution in [0.2, 0.25) is 0 Å².